The zero-order valence-corrected chi connectivity index (χ0v) is 10.4. The zero-order valence-electron chi connectivity index (χ0n) is 10.4. The van der Waals surface area contributed by atoms with Gasteiger partial charge < -0.3 is 10.7 Å². The quantitative estimate of drug-likeness (QED) is 0.752. The summed E-state index contributed by atoms with van der Waals surface area (Å²) in [4.78, 5) is 15.3. The fourth-order valence-electron chi connectivity index (χ4n) is 2.81. The normalized spacial score (nSPS) is 14.6. The molecule has 1 aromatic heterocycles. The SMILES string of the molecule is Cc1[nH]c(-c2ccccc2N)c2c1C(=O)CCC2. The van der Waals surface area contributed by atoms with Gasteiger partial charge in [0.2, 0.25) is 0 Å². The summed E-state index contributed by atoms with van der Waals surface area (Å²) >= 11 is 0. The van der Waals surface area contributed by atoms with Gasteiger partial charge in [0.05, 0.1) is 5.69 Å². The lowest BCUT2D eigenvalue weighted by Gasteiger charge is -2.13. The van der Waals surface area contributed by atoms with Gasteiger partial charge in [-0.1, -0.05) is 18.2 Å². The van der Waals surface area contributed by atoms with E-state index in [1.807, 2.05) is 31.2 Å². The van der Waals surface area contributed by atoms with E-state index in [9.17, 15) is 4.79 Å². The molecule has 0 saturated heterocycles. The molecule has 0 bridgehead atoms. The standard InChI is InChI=1S/C15H16N2O/c1-9-14-11(6-4-8-13(14)18)15(17-9)10-5-2-3-7-12(10)16/h2-3,5,7,17H,4,6,8,16H2,1H3. The van der Waals surface area contributed by atoms with Gasteiger partial charge in [-0.3, -0.25) is 4.79 Å². The third-order valence-electron chi connectivity index (χ3n) is 3.63. The molecule has 0 unspecified atom stereocenters. The predicted octanol–water partition coefficient (Wildman–Crippen LogP) is 3.09. The van der Waals surface area contributed by atoms with Crippen molar-refractivity contribution in [1.82, 2.24) is 4.98 Å². The van der Waals surface area contributed by atoms with Gasteiger partial charge >= 0.3 is 0 Å². The van der Waals surface area contributed by atoms with Gasteiger partial charge in [-0.05, 0) is 31.4 Å². The Labute approximate surface area is 106 Å². The Balaban J connectivity index is 2.23. The number of aromatic amines is 1. The molecular weight excluding hydrogens is 224 g/mol. The first-order valence-electron chi connectivity index (χ1n) is 6.28. The highest BCUT2D eigenvalue weighted by atomic mass is 16.1. The van der Waals surface area contributed by atoms with Crippen LogP contribution in [0.2, 0.25) is 0 Å². The lowest BCUT2D eigenvalue weighted by atomic mass is 9.89. The van der Waals surface area contributed by atoms with Crippen LogP contribution in [0.4, 0.5) is 5.69 Å². The number of nitrogen functional groups attached to an aromatic ring is 1. The molecule has 0 radical (unpaired) electrons. The monoisotopic (exact) mass is 240 g/mol. The molecule has 3 nitrogen and oxygen atoms in total. The molecule has 1 aromatic carbocycles. The van der Waals surface area contributed by atoms with Crippen LogP contribution in [0.25, 0.3) is 11.3 Å². The summed E-state index contributed by atoms with van der Waals surface area (Å²) in [6, 6.07) is 7.79. The molecular formula is C15H16N2O. The lowest BCUT2D eigenvalue weighted by molar-refractivity contribution is 0.0972. The van der Waals surface area contributed by atoms with Crippen LogP contribution >= 0.6 is 0 Å². The summed E-state index contributed by atoms with van der Waals surface area (Å²) in [5, 5.41) is 0. The average Bonchev–Trinajstić information content (AvgIpc) is 2.69. The third kappa shape index (κ3) is 1.55. The minimum absolute atomic E-state index is 0.255. The van der Waals surface area contributed by atoms with Crippen LogP contribution in [0.1, 0.15) is 34.5 Å². The van der Waals surface area contributed by atoms with E-state index < -0.39 is 0 Å². The molecule has 92 valence electrons. The molecule has 18 heavy (non-hydrogen) atoms. The summed E-state index contributed by atoms with van der Waals surface area (Å²) in [6.07, 6.45) is 2.55. The highest BCUT2D eigenvalue weighted by Gasteiger charge is 2.25. The van der Waals surface area contributed by atoms with Crippen LogP contribution < -0.4 is 5.73 Å². The third-order valence-corrected chi connectivity index (χ3v) is 3.63. The van der Waals surface area contributed by atoms with Gasteiger partial charge in [-0.15, -0.1) is 0 Å². The smallest absolute Gasteiger partial charge is 0.164 e. The highest BCUT2D eigenvalue weighted by Crippen LogP contribution is 2.35. The van der Waals surface area contributed by atoms with Crippen LogP contribution in [0, 0.1) is 6.92 Å². The topological polar surface area (TPSA) is 58.9 Å². The van der Waals surface area contributed by atoms with E-state index in [2.05, 4.69) is 4.98 Å². The molecule has 0 spiro atoms. The molecule has 0 saturated carbocycles. The van der Waals surface area contributed by atoms with Crippen LogP contribution in [0.3, 0.4) is 0 Å². The van der Waals surface area contributed by atoms with Crippen molar-refractivity contribution < 1.29 is 4.79 Å². The number of carbonyl (C=O) groups is 1. The molecule has 1 aliphatic carbocycles. The predicted molar refractivity (Wildman–Crippen MR) is 72.6 cm³/mol. The van der Waals surface area contributed by atoms with Crippen molar-refractivity contribution in [2.45, 2.75) is 26.2 Å². The number of nitrogens with one attached hydrogen (secondary N) is 1. The number of hydrogen-bond acceptors (Lipinski definition) is 2. The number of hydrogen-bond donors (Lipinski definition) is 2. The van der Waals surface area contributed by atoms with E-state index in [4.69, 9.17) is 5.73 Å². The van der Waals surface area contributed by atoms with Gasteiger partial charge in [-0.25, -0.2) is 0 Å². The molecule has 3 rings (SSSR count). The number of aromatic nitrogens is 1. The van der Waals surface area contributed by atoms with Gasteiger partial charge in [0.25, 0.3) is 0 Å². The van der Waals surface area contributed by atoms with Crippen LogP contribution in [-0.4, -0.2) is 10.8 Å². The number of aryl methyl sites for hydroxylation is 1. The molecule has 0 aliphatic heterocycles. The Hall–Kier alpha value is -2.03. The second-order valence-electron chi connectivity index (χ2n) is 4.84. The van der Waals surface area contributed by atoms with Crippen molar-refractivity contribution in [2.75, 3.05) is 5.73 Å². The van der Waals surface area contributed by atoms with E-state index >= 15 is 0 Å². The van der Waals surface area contributed by atoms with E-state index in [1.54, 1.807) is 0 Å². The Morgan fingerprint density at radius 3 is 2.78 bits per heavy atom. The minimum Gasteiger partial charge on any atom is -0.398 e. The summed E-state index contributed by atoms with van der Waals surface area (Å²) in [6.45, 7) is 1.96. The van der Waals surface area contributed by atoms with Crippen molar-refractivity contribution >= 4 is 11.5 Å². The number of nitrogens with two attached hydrogens (primary N) is 1. The number of Topliss-reactive ketones (excluding diaryl/α,β-unsaturated/α-hetero) is 1. The van der Waals surface area contributed by atoms with Crippen LogP contribution in [0.5, 0.6) is 0 Å². The zero-order chi connectivity index (χ0) is 12.7. The van der Waals surface area contributed by atoms with E-state index in [1.165, 1.54) is 0 Å². The number of anilines is 1. The Kier molecular flexibility index (Phi) is 2.47. The Morgan fingerprint density at radius 2 is 2.00 bits per heavy atom. The van der Waals surface area contributed by atoms with E-state index in [0.29, 0.717) is 6.42 Å². The first-order chi connectivity index (χ1) is 8.68. The van der Waals surface area contributed by atoms with Crippen molar-refractivity contribution in [1.29, 1.82) is 0 Å². The average molecular weight is 240 g/mol. The largest absolute Gasteiger partial charge is 0.398 e. The number of ketones is 1. The summed E-state index contributed by atoms with van der Waals surface area (Å²) < 4.78 is 0. The number of rotatable bonds is 1. The first-order valence-corrected chi connectivity index (χ1v) is 6.28. The Bertz CT molecular complexity index is 625. The van der Waals surface area contributed by atoms with Gasteiger partial charge in [0, 0.05) is 28.9 Å². The van der Waals surface area contributed by atoms with Crippen LogP contribution in [-0.2, 0) is 6.42 Å². The van der Waals surface area contributed by atoms with Crippen molar-refractivity contribution in [3.8, 4) is 11.3 Å². The molecule has 3 heteroatoms. The number of H-pyrrole nitrogens is 1. The van der Waals surface area contributed by atoms with Crippen molar-refractivity contribution in [3.05, 3.63) is 41.1 Å². The summed E-state index contributed by atoms with van der Waals surface area (Å²) in [5.41, 5.74) is 11.8. The van der Waals surface area contributed by atoms with Gasteiger partial charge in [0.15, 0.2) is 5.78 Å². The molecule has 2 aromatic rings. The number of benzene rings is 1. The van der Waals surface area contributed by atoms with E-state index in [0.717, 1.165) is 46.6 Å². The molecule has 0 atom stereocenters. The summed E-state index contributed by atoms with van der Waals surface area (Å²) in [5.74, 6) is 0.255. The molecule has 1 aliphatic rings. The lowest BCUT2D eigenvalue weighted by Crippen LogP contribution is -2.10. The minimum atomic E-state index is 0.255. The maximum atomic E-state index is 12.0. The van der Waals surface area contributed by atoms with Crippen molar-refractivity contribution in [2.24, 2.45) is 0 Å². The van der Waals surface area contributed by atoms with Gasteiger partial charge in [-0.2, -0.15) is 0 Å². The second-order valence-corrected chi connectivity index (χ2v) is 4.84. The Morgan fingerprint density at radius 1 is 1.22 bits per heavy atom. The number of para-hydroxylation sites is 1. The second kappa shape index (κ2) is 4.02. The molecule has 0 fully saturated rings. The maximum Gasteiger partial charge on any atom is 0.164 e. The molecule has 0 amide bonds. The maximum absolute atomic E-state index is 12.0. The van der Waals surface area contributed by atoms with Gasteiger partial charge in [0.1, 0.15) is 0 Å². The summed E-state index contributed by atoms with van der Waals surface area (Å²) in [7, 11) is 0. The molecule has 1 heterocycles. The number of carbonyl (C=O) groups excluding carboxylic acids is 1. The molecule has 3 N–H and O–H groups in total. The highest BCUT2D eigenvalue weighted by molar-refractivity contribution is 6.02. The fraction of sp³-hybridized carbons (Fsp3) is 0.267. The number of fused-ring (bicyclic) bond motifs is 1. The van der Waals surface area contributed by atoms with Crippen molar-refractivity contribution in [3.63, 3.8) is 0 Å². The van der Waals surface area contributed by atoms with E-state index in [-0.39, 0.29) is 5.78 Å². The fourth-order valence-corrected chi connectivity index (χ4v) is 2.81. The first kappa shape index (κ1) is 11.1. The van der Waals surface area contributed by atoms with Crippen LogP contribution in [0.15, 0.2) is 24.3 Å².